The van der Waals surface area contributed by atoms with Crippen LogP contribution in [0.5, 0.6) is 5.75 Å². The van der Waals surface area contributed by atoms with Gasteiger partial charge in [0.2, 0.25) is 0 Å². The van der Waals surface area contributed by atoms with Crippen molar-refractivity contribution in [1.82, 2.24) is 10.7 Å². The van der Waals surface area contributed by atoms with Gasteiger partial charge >= 0.3 is 0 Å². The molecule has 0 saturated carbocycles. The highest BCUT2D eigenvalue weighted by Crippen LogP contribution is 2.18. The van der Waals surface area contributed by atoms with E-state index in [9.17, 15) is 0 Å². The minimum Gasteiger partial charge on any atom is -0.488 e. The lowest BCUT2D eigenvalue weighted by atomic mass is 10.1. The number of thiocarbonyl (C=S) groups is 1. The first kappa shape index (κ1) is 16.0. The van der Waals surface area contributed by atoms with Gasteiger partial charge in [-0.3, -0.25) is 5.43 Å². The van der Waals surface area contributed by atoms with Crippen LogP contribution < -0.4 is 15.5 Å². The summed E-state index contributed by atoms with van der Waals surface area (Å²) in [5.41, 5.74) is 6.00. The molecule has 0 aliphatic heterocycles. The van der Waals surface area contributed by atoms with Gasteiger partial charge in [-0.05, 0) is 42.4 Å². The second kappa shape index (κ2) is 8.14. The molecule has 0 aliphatic rings. The van der Waals surface area contributed by atoms with E-state index in [-0.39, 0.29) is 0 Å². The summed E-state index contributed by atoms with van der Waals surface area (Å²) in [7, 11) is 1.74. The summed E-state index contributed by atoms with van der Waals surface area (Å²) in [4.78, 5) is 0. The van der Waals surface area contributed by atoms with Gasteiger partial charge in [-0.15, -0.1) is 0 Å². The number of nitrogens with zero attached hydrogens (tertiary/aromatic N) is 1. The van der Waals surface area contributed by atoms with Gasteiger partial charge in [0.25, 0.3) is 0 Å². The Morgan fingerprint density at radius 2 is 1.91 bits per heavy atom. The van der Waals surface area contributed by atoms with Gasteiger partial charge in [0.1, 0.15) is 12.4 Å². The summed E-state index contributed by atoms with van der Waals surface area (Å²) in [6, 6.07) is 15.9. The van der Waals surface area contributed by atoms with Crippen molar-refractivity contribution in [2.24, 2.45) is 5.10 Å². The Morgan fingerprint density at radius 3 is 2.68 bits per heavy atom. The topological polar surface area (TPSA) is 45.7 Å². The Balaban J connectivity index is 2.05. The van der Waals surface area contributed by atoms with Crippen LogP contribution in [0.1, 0.15) is 16.7 Å². The van der Waals surface area contributed by atoms with Crippen molar-refractivity contribution >= 4 is 23.5 Å². The Hall–Kier alpha value is -2.40. The first-order valence-corrected chi connectivity index (χ1v) is 7.38. The molecule has 0 bridgehead atoms. The molecule has 114 valence electrons. The quantitative estimate of drug-likeness (QED) is 0.506. The number of hydrogen-bond donors (Lipinski definition) is 2. The maximum atomic E-state index is 5.92. The van der Waals surface area contributed by atoms with Crippen molar-refractivity contribution in [3.63, 3.8) is 0 Å². The van der Waals surface area contributed by atoms with Crippen molar-refractivity contribution in [1.29, 1.82) is 0 Å². The van der Waals surface area contributed by atoms with Crippen LogP contribution in [0.3, 0.4) is 0 Å². The second-order valence-electron chi connectivity index (χ2n) is 4.70. The molecule has 2 aromatic carbocycles. The van der Waals surface area contributed by atoms with Gasteiger partial charge in [-0.1, -0.05) is 36.4 Å². The fourth-order valence-corrected chi connectivity index (χ4v) is 1.92. The van der Waals surface area contributed by atoms with Crippen molar-refractivity contribution in [3.8, 4) is 5.75 Å². The van der Waals surface area contributed by atoms with E-state index >= 15 is 0 Å². The minimum atomic E-state index is 0.467. The van der Waals surface area contributed by atoms with Crippen LogP contribution in [-0.2, 0) is 6.61 Å². The molecule has 2 aromatic rings. The monoisotopic (exact) mass is 313 g/mol. The van der Waals surface area contributed by atoms with Crippen LogP contribution in [0.2, 0.25) is 0 Å². The molecule has 2 rings (SSSR count). The average molecular weight is 313 g/mol. The molecule has 0 spiro atoms. The number of ether oxygens (including phenoxy) is 1. The normalized spacial score (nSPS) is 10.5. The summed E-state index contributed by atoms with van der Waals surface area (Å²) in [6.45, 7) is 2.61. The van der Waals surface area contributed by atoms with Crippen LogP contribution in [0, 0.1) is 6.92 Å². The molecule has 0 heterocycles. The standard InChI is InChI=1S/C17H19N3OS/c1-13-7-3-4-9-15(13)12-21-16-10-6-5-8-14(16)11-19-20-17(22)18-2/h3-11H,12H2,1-2H3,(H2,18,20,22)/b19-11-. The molecule has 0 fully saturated rings. The van der Waals surface area contributed by atoms with Crippen LogP contribution in [0.15, 0.2) is 53.6 Å². The summed E-state index contributed by atoms with van der Waals surface area (Å²) >= 11 is 4.97. The first-order valence-electron chi connectivity index (χ1n) is 6.98. The Morgan fingerprint density at radius 1 is 1.18 bits per heavy atom. The van der Waals surface area contributed by atoms with Gasteiger partial charge in [0.05, 0.1) is 6.21 Å². The minimum absolute atomic E-state index is 0.467. The largest absolute Gasteiger partial charge is 0.488 e. The fraction of sp³-hybridized carbons (Fsp3) is 0.176. The molecule has 0 aliphatic carbocycles. The molecule has 22 heavy (non-hydrogen) atoms. The molecular formula is C17H19N3OS. The highest BCUT2D eigenvalue weighted by Gasteiger charge is 2.03. The molecule has 0 amide bonds. The number of hydrazone groups is 1. The molecule has 4 nitrogen and oxygen atoms in total. The molecule has 0 aromatic heterocycles. The summed E-state index contributed by atoms with van der Waals surface area (Å²) in [6.07, 6.45) is 1.69. The highest BCUT2D eigenvalue weighted by atomic mass is 32.1. The number of rotatable bonds is 5. The van der Waals surface area contributed by atoms with Crippen molar-refractivity contribution < 1.29 is 4.74 Å². The summed E-state index contributed by atoms with van der Waals surface area (Å²) in [5.74, 6) is 0.784. The molecule has 0 radical (unpaired) electrons. The van der Waals surface area contributed by atoms with Crippen LogP contribution in [0.25, 0.3) is 0 Å². The smallest absolute Gasteiger partial charge is 0.186 e. The number of aryl methyl sites for hydroxylation is 1. The number of hydrogen-bond acceptors (Lipinski definition) is 3. The fourth-order valence-electron chi connectivity index (χ4n) is 1.86. The van der Waals surface area contributed by atoms with Crippen LogP contribution >= 0.6 is 12.2 Å². The van der Waals surface area contributed by atoms with Gasteiger partial charge in [0, 0.05) is 12.6 Å². The molecule has 0 unspecified atom stereocenters. The summed E-state index contributed by atoms with van der Waals surface area (Å²) in [5, 5.41) is 7.35. The van der Waals surface area contributed by atoms with Crippen LogP contribution in [0.4, 0.5) is 0 Å². The summed E-state index contributed by atoms with van der Waals surface area (Å²) < 4.78 is 5.92. The molecule has 0 saturated heterocycles. The third kappa shape index (κ3) is 4.56. The lowest BCUT2D eigenvalue weighted by Gasteiger charge is -2.10. The average Bonchev–Trinajstić information content (AvgIpc) is 2.55. The van der Waals surface area contributed by atoms with E-state index in [4.69, 9.17) is 17.0 Å². The van der Waals surface area contributed by atoms with E-state index in [1.54, 1.807) is 13.3 Å². The molecule has 0 atom stereocenters. The predicted molar refractivity (Wildman–Crippen MR) is 94.3 cm³/mol. The number of para-hydroxylation sites is 1. The maximum absolute atomic E-state index is 5.92. The maximum Gasteiger partial charge on any atom is 0.186 e. The van der Waals surface area contributed by atoms with E-state index < -0.39 is 0 Å². The number of nitrogens with one attached hydrogen (secondary N) is 2. The Bertz CT molecular complexity index is 670. The lowest BCUT2D eigenvalue weighted by molar-refractivity contribution is 0.305. The van der Waals surface area contributed by atoms with Gasteiger partial charge in [0.15, 0.2) is 5.11 Å². The zero-order valence-corrected chi connectivity index (χ0v) is 13.5. The van der Waals surface area contributed by atoms with Gasteiger partial charge < -0.3 is 10.1 Å². The zero-order valence-electron chi connectivity index (χ0n) is 12.7. The molecule has 2 N–H and O–H groups in total. The third-order valence-electron chi connectivity index (χ3n) is 3.16. The van der Waals surface area contributed by atoms with Gasteiger partial charge in [-0.25, -0.2) is 0 Å². The lowest BCUT2D eigenvalue weighted by Crippen LogP contribution is -2.28. The van der Waals surface area contributed by atoms with Crippen LogP contribution in [-0.4, -0.2) is 18.4 Å². The van der Waals surface area contributed by atoms with Gasteiger partial charge in [-0.2, -0.15) is 5.10 Å². The molecular weight excluding hydrogens is 294 g/mol. The third-order valence-corrected chi connectivity index (χ3v) is 3.46. The van der Waals surface area contributed by atoms with Crippen molar-refractivity contribution in [2.75, 3.05) is 7.05 Å². The zero-order chi connectivity index (χ0) is 15.8. The Labute approximate surface area is 136 Å². The van der Waals surface area contributed by atoms with Crippen molar-refractivity contribution in [3.05, 3.63) is 65.2 Å². The highest BCUT2D eigenvalue weighted by molar-refractivity contribution is 7.80. The van der Waals surface area contributed by atoms with E-state index in [1.165, 1.54) is 11.1 Å². The predicted octanol–water partition coefficient (Wildman–Crippen LogP) is 3.00. The Kier molecular flexibility index (Phi) is 5.91. The van der Waals surface area contributed by atoms with Crippen molar-refractivity contribution in [2.45, 2.75) is 13.5 Å². The molecule has 5 heteroatoms. The van der Waals surface area contributed by atoms with E-state index in [0.29, 0.717) is 11.7 Å². The second-order valence-corrected chi connectivity index (χ2v) is 5.11. The van der Waals surface area contributed by atoms with E-state index in [2.05, 4.69) is 34.9 Å². The number of benzene rings is 2. The first-order chi connectivity index (χ1) is 10.7. The van der Waals surface area contributed by atoms with E-state index in [1.807, 2.05) is 36.4 Å². The van der Waals surface area contributed by atoms with E-state index in [0.717, 1.165) is 11.3 Å². The SMILES string of the molecule is CNC(=S)N/N=C\c1ccccc1OCc1ccccc1C.